The molecule has 134 valence electrons. The van der Waals surface area contributed by atoms with Crippen LogP contribution in [0.3, 0.4) is 0 Å². The molecule has 0 unspecified atom stereocenters. The zero-order chi connectivity index (χ0) is 18.8. The Morgan fingerprint density at radius 1 is 1.26 bits per heavy atom. The number of carbonyl (C=O) groups excluding carboxylic acids is 1. The molecule has 4 rings (SSSR count). The number of benzene rings is 1. The highest BCUT2D eigenvalue weighted by Crippen LogP contribution is 2.27. The summed E-state index contributed by atoms with van der Waals surface area (Å²) in [5, 5.41) is 2.88. The van der Waals surface area contributed by atoms with E-state index in [1.165, 1.54) is 0 Å². The zero-order valence-corrected chi connectivity index (χ0v) is 15.1. The Kier molecular flexibility index (Phi) is 4.42. The van der Waals surface area contributed by atoms with Crippen molar-refractivity contribution in [2.45, 2.75) is 13.3 Å². The minimum atomic E-state index is -0.0161. The fourth-order valence-corrected chi connectivity index (χ4v) is 3.32. The van der Waals surface area contributed by atoms with Crippen molar-refractivity contribution >= 4 is 30.0 Å². The molecule has 3 heterocycles. The summed E-state index contributed by atoms with van der Waals surface area (Å²) in [6, 6.07) is 13.8. The van der Waals surface area contributed by atoms with E-state index in [0.717, 1.165) is 51.5 Å². The van der Waals surface area contributed by atoms with E-state index in [1.807, 2.05) is 49.4 Å². The Morgan fingerprint density at radius 2 is 2.11 bits per heavy atom. The lowest BCUT2D eigenvalue weighted by Crippen LogP contribution is -2.31. The van der Waals surface area contributed by atoms with Gasteiger partial charge in [0.1, 0.15) is 0 Å². The van der Waals surface area contributed by atoms with E-state index in [1.54, 1.807) is 6.20 Å². The van der Waals surface area contributed by atoms with Gasteiger partial charge < -0.3 is 10.3 Å². The number of aromatic amines is 1. The van der Waals surface area contributed by atoms with Gasteiger partial charge in [-0.2, -0.15) is 0 Å². The molecule has 0 radical (unpaired) electrons. The second kappa shape index (κ2) is 7.03. The lowest BCUT2D eigenvalue weighted by molar-refractivity contribution is 0.0946. The maximum atomic E-state index is 12.0. The van der Waals surface area contributed by atoms with Crippen molar-refractivity contribution in [3.8, 4) is 11.3 Å². The molecule has 5 nitrogen and oxygen atoms in total. The van der Waals surface area contributed by atoms with Gasteiger partial charge in [-0.05, 0) is 49.6 Å². The summed E-state index contributed by atoms with van der Waals surface area (Å²) >= 11 is 0. The number of H-pyrrole nitrogens is 1. The maximum Gasteiger partial charge on any atom is 0.253 e. The first-order valence-electron chi connectivity index (χ1n) is 8.86. The molecule has 0 fully saturated rings. The molecule has 1 aliphatic heterocycles. The Hall–Kier alpha value is -3.47. The summed E-state index contributed by atoms with van der Waals surface area (Å²) < 4.78 is 0. The lowest BCUT2D eigenvalue weighted by atomic mass is 10.0. The summed E-state index contributed by atoms with van der Waals surface area (Å²) in [4.78, 5) is 24.0. The molecule has 0 saturated carbocycles. The van der Waals surface area contributed by atoms with Crippen molar-refractivity contribution < 1.29 is 4.79 Å². The van der Waals surface area contributed by atoms with Crippen LogP contribution in [0.5, 0.6) is 0 Å². The summed E-state index contributed by atoms with van der Waals surface area (Å²) in [7, 11) is 0. The summed E-state index contributed by atoms with van der Waals surface area (Å²) in [6.07, 6.45) is 4.67. The number of hydrogen-bond acceptors (Lipinski definition) is 3. The molecule has 1 aromatic carbocycles. The Labute approximate surface area is 157 Å². The molecule has 2 N–H and O–H groups in total. The largest absolute Gasteiger partial charge is 0.358 e. The number of nitrogens with zero attached hydrogens (tertiary/aromatic N) is 2. The van der Waals surface area contributed by atoms with Gasteiger partial charge in [-0.1, -0.05) is 18.2 Å². The third-order valence-electron chi connectivity index (χ3n) is 4.76. The normalized spacial score (nSPS) is 13.8. The van der Waals surface area contributed by atoms with Crippen LogP contribution in [-0.4, -0.2) is 29.1 Å². The van der Waals surface area contributed by atoms with E-state index < -0.39 is 0 Å². The predicted molar refractivity (Wildman–Crippen MR) is 109 cm³/mol. The van der Waals surface area contributed by atoms with E-state index in [2.05, 4.69) is 33.1 Å². The summed E-state index contributed by atoms with van der Waals surface area (Å²) in [5.74, 6) is -0.0161. The van der Waals surface area contributed by atoms with Crippen LogP contribution in [0.4, 0.5) is 5.69 Å². The number of rotatable bonds is 4. The number of aromatic nitrogens is 2. The molecule has 0 spiro atoms. The van der Waals surface area contributed by atoms with Crippen LogP contribution in [0.1, 0.15) is 34.2 Å². The molecule has 0 saturated heterocycles. The van der Waals surface area contributed by atoms with Gasteiger partial charge in [-0.15, -0.1) is 0 Å². The minimum absolute atomic E-state index is 0.0161. The van der Waals surface area contributed by atoms with Gasteiger partial charge in [0.25, 0.3) is 5.91 Å². The topological polar surface area (TPSA) is 70.1 Å². The molecule has 1 amide bonds. The molecule has 0 aliphatic carbocycles. The van der Waals surface area contributed by atoms with Crippen LogP contribution < -0.4 is 5.32 Å². The average molecular weight is 356 g/mol. The van der Waals surface area contributed by atoms with E-state index in [0.29, 0.717) is 6.54 Å². The minimum Gasteiger partial charge on any atom is -0.358 e. The molecule has 27 heavy (non-hydrogen) atoms. The maximum absolute atomic E-state index is 12.0. The lowest BCUT2D eigenvalue weighted by Gasteiger charge is -2.11. The number of nitrogens with one attached hydrogen (secondary N) is 2. The van der Waals surface area contributed by atoms with Crippen LogP contribution in [-0.2, 0) is 6.42 Å². The van der Waals surface area contributed by atoms with Crippen LogP contribution in [0.2, 0.25) is 0 Å². The second-order valence-corrected chi connectivity index (χ2v) is 6.56. The number of allylic oxidation sites excluding steroid dienone is 1. The first kappa shape index (κ1) is 17.0. The van der Waals surface area contributed by atoms with Crippen molar-refractivity contribution in [3.63, 3.8) is 0 Å². The quantitative estimate of drug-likeness (QED) is 0.686. The van der Waals surface area contributed by atoms with E-state index in [-0.39, 0.29) is 5.91 Å². The number of fused-ring (bicyclic) bond motifs is 1. The van der Waals surface area contributed by atoms with Crippen LogP contribution in [0.15, 0.2) is 53.7 Å². The third-order valence-corrected chi connectivity index (χ3v) is 4.76. The number of aliphatic imine (C=N–C) groups is 1. The SMILES string of the molecule is C=Nc1ccccc1/C=C(\C)c1cc(-c2cc3c([nH]2)CCNC3=O)ccn1. The Bertz CT molecular complexity index is 1060. The number of carbonyl (C=O) groups is 1. The predicted octanol–water partition coefficient (Wildman–Crippen LogP) is 4.26. The molecular weight excluding hydrogens is 336 g/mol. The first-order chi connectivity index (χ1) is 13.2. The first-order valence-corrected chi connectivity index (χ1v) is 8.86. The van der Waals surface area contributed by atoms with Gasteiger partial charge in [0.2, 0.25) is 0 Å². The smallest absolute Gasteiger partial charge is 0.253 e. The summed E-state index contributed by atoms with van der Waals surface area (Å²) in [5.41, 5.74) is 7.41. The third kappa shape index (κ3) is 3.31. The van der Waals surface area contributed by atoms with Gasteiger partial charge in [-0.25, -0.2) is 0 Å². The monoisotopic (exact) mass is 356 g/mol. The molecular formula is C22H20N4O. The average Bonchev–Trinajstić information content (AvgIpc) is 3.14. The molecule has 5 heteroatoms. The van der Waals surface area contributed by atoms with Gasteiger partial charge in [0, 0.05) is 41.7 Å². The Morgan fingerprint density at radius 3 is 2.93 bits per heavy atom. The standard InChI is InChI=1S/C22H20N4O/c1-14(11-15-5-3-4-6-18(15)23-2)20-12-16(7-9-24-20)21-13-17-19(26-21)8-10-25-22(17)27/h3-7,9,11-13,26H,2,8,10H2,1H3,(H,25,27)/b14-11+. The van der Waals surface area contributed by atoms with Crippen molar-refractivity contribution in [1.82, 2.24) is 15.3 Å². The van der Waals surface area contributed by atoms with Crippen LogP contribution in [0, 0.1) is 0 Å². The van der Waals surface area contributed by atoms with Crippen molar-refractivity contribution in [2.24, 2.45) is 4.99 Å². The highest BCUT2D eigenvalue weighted by molar-refractivity contribution is 5.97. The van der Waals surface area contributed by atoms with Crippen molar-refractivity contribution in [1.29, 1.82) is 0 Å². The molecule has 0 bridgehead atoms. The highest BCUT2D eigenvalue weighted by Gasteiger charge is 2.20. The van der Waals surface area contributed by atoms with E-state index in [4.69, 9.17) is 0 Å². The van der Waals surface area contributed by atoms with Gasteiger partial charge in [0.05, 0.1) is 16.9 Å². The number of pyridine rings is 1. The Balaban J connectivity index is 1.70. The number of hydrogen-bond donors (Lipinski definition) is 2. The van der Waals surface area contributed by atoms with Crippen LogP contribution >= 0.6 is 0 Å². The van der Waals surface area contributed by atoms with Crippen LogP contribution in [0.25, 0.3) is 22.9 Å². The zero-order valence-electron chi connectivity index (χ0n) is 15.1. The fourth-order valence-electron chi connectivity index (χ4n) is 3.32. The van der Waals surface area contributed by atoms with Gasteiger partial charge >= 0.3 is 0 Å². The molecule has 0 atom stereocenters. The van der Waals surface area contributed by atoms with Crippen molar-refractivity contribution in [2.75, 3.05) is 6.54 Å². The highest BCUT2D eigenvalue weighted by atomic mass is 16.1. The van der Waals surface area contributed by atoms with E-state index >= 15 is 0 Å². The second-order valence-electron chi connectivity index (χ2n) is 6.56. The van der Waals surface area contributed by atoms with Crippen molar-refractivity contribution in [3.05, 3.63) is 71.2 Å². The number of amides is 1. The molecule has 3 aromatic rings. The molecule has 1 aliphatic rings. The summed E-state index contributed by atoms with van der Waals surface area (Å²) in [6.45, 7) is 6.33. The van der Waals surface area contributed by atoms with E-state index in [9.17, 15) is 4.79 Å². The fraction of sp³-hybridized carbons (Fsp3) is 0.136. The molecule has 2 aromatic heterocycles. The van der Waals surface area contributed by atoms with Gasteiger partial charge in [0.15, 0.2) is 0 Å². The number of para-hydroxylation sites is 1. The van der Waals surface area contributed by atoms with Gasteiger partial charge in [-0.3, -0.25) is 14.8 Å².